The summed E-state index contributed by atoms with van der Waals surface area (Å²) in [5, 5.41) is 21.4. The molecule has 0 radical (unpaired) electrons. The first kappa shape index (κ1) is 9.66. The predicted octanol–water partition coefficient (Wildman–Crippen LogP) is 1.24. The van der Waals surface area contributed by atoms with Gasteiger partial charge in [-0.2, -0.15) is 0 Å². The number of aldehydes is 1. The summed E-state index contributed by atoms with van der Waals surface area (Å²) >= 11 is 2.83. The Morgan fingerprint density at radius 2 is 2.08 bits per heavy atom. The Hall–Kier alpha value is -1.43. The van der Waals surface area contributed by atoms with E-state index in [2.05, 4.69) is 15.9 Å². The number of halogens is 1. The molecule has 0 saturated heterocycles. The molecule has 0 aliphatic heterocycles. The SMILES string of the molecule is O=Cc1cc(Br)c([O-])c([N+](=O)[O-])c1. The summed E-state index contributed by atoms with van der Waals surface area (Å²) in [7, 11) is 0. The summed E-state index contributed by atoms with van der Waals surface area (Å²) < 4.78 is 0.0174. The second-order valence-electron chi connectivity index (χ2n) is 2.23. The average Bonchev–Trinajstić information content (AvgIpc) is 2.09. The van der Waals surface area contributed by atoms with Crippen LogP contribution in [0.4, 0.5) is 5.69 Å². The number of carbonyl (C=O) groups excluding carboxylic acids is 1. The van der Waals surface area contributed by atoms with E-state index >= 15 is 0 Å². The van der Waals surface area contributed by atoms with Crippen LogP contribution < -0.4 is 5.11 Å². The van der Waals surface area contributed by atoms with E-state index in [9.17, 15) is 20.0 Å². The van der Waals surface area contributed by atoms with Crippen molar-refractivity contribution in [1.82, 2.24) is 0 Å². The lowest BCUT2D eigenvalue weighted by Crippen LogP contribution is -2.00. The highest BCUT2D eigenvalue weighted by atomic mass is 79.9. The van der Waals surface area contributed by atoms with Crippen LogP contribution in [0, 0.1) is 10.1 Å². The number of hydrogen-bond donors (Lipinski definition) is 0. The first-order valence-corrected chi connectivity index (χ1v) is 3.95. The highest BCUT2D eigenvalue weighted by Gasteiger charge is 2.10. The first-order chi connectivity index (χ1) is 6.06. The number of nitrogens with zero attached hydrogens (tertiary/aromatic N) is 1. The molecular weight excluding hydrogens is 242 g/mol. The molecule has 0 heterocycles. The molecule has 1 aromatic carbocycles. The van der Waals surface area contributed by atoms with Crippen molar-refractivity contribution in [3.05, 3.63) is 32.3 Å². The maximum absolute atomic E-state index is 11.1. The normalized spacial score (nSPS) is 9.62. The number of nitro groups is 1. The average molecular weight is 245 g/mol. The van der Waals surface area contributed by atoms with E-state index in [0.29, 0.717) is 6.29 Å². The molecule has 5 nitrogen and oxygen atoms in total. The van der Waals surface area contributed by atoms with E-state index in [1.54, 1.807) is 0 Å². The Bertz CT molecular complexity index is 377. The molecule has 68 valence electrons. The van der Waals surface area contributed by atoms with Gasteiger partial charge in [0.2, 0.25) is 0 Å². The highest BCUT2D eigenvalue weighted by molar-refractivity contribution is 9.10. The summed E-state index contributed by atoms with van der Waals surface area (Å²) in [6, 6.07) is 2.18. The molecular formula is C7H3BrNO4-. The summed E-state index contributed by atoms with van der Waals surface area (Å²) in [5.74, 6) is -0.726. The first-order valence-electron chi connectivity index (χ1n) is 3.16. The minimum absolute atomic E-state index is 0.0174. The maximum Gasteiger partial charge on any atom is 0.263 e. The highest BCUT2D eigenvalue weighted by Crippen LogP contribution is 2.31. The van der Waals surface area contributed by atoms with E-state index in [1.807, 2.05) is 0 Å². The Balaban J connectivity index is 3.41. The summed E-state index contributed by atoms with van der Waals surface area (Å²) in [6.45, 7) is 0. The van der Waals surface area contributed by atoms with Crippen LogP contribution in [-0.4, -0.2) is 11.2 Å². The van der Waals surface area contributed by atoms with Crippen molar-refractivity contribution in [1.29, 1.82) is 0 Å². The van der Waals surface area contributed by atoms with Gasteiger partial charge in [-0.1, -0.05) is 15.9 Å². The van der Waals surface area contributed by atoms with Crippen LogP contribution >= 0.6 is 15.9 Å². The van der Waals surface area contributed by atoms with Gasteiger partial charge in [-0.3, -0.25) is 14.9 Å². The Morgan fingerprint density at radius 1 is 1.46 bits per heavy atom. The maximum atomic E-state index is 11.1. The number of hydrogen-bond acceptors (Lipinski definition) is 4. The van der Waals surface area contributed by atoms with E-state index < -0.39 is 16.4 Å². The third-order valence-corrected chi connectivity index (χ3v) is 1.97. The van der Waals surface area contributed by atoms with E-state index in [4.69, 9.17) is 0 Å². The van der Waals surface area contributed by atoms with Gasteiger partial charge in [0.1, 0.15) is 6.29 Å². The molecule has 0 N–H and O–H groups in total. The molecule has 0 unspecified atom stereocenters. The Morgan fingerprint density at radius 3 is 2.54 bits per heavy atom. The standard InChI is InChI=1S/C7H4BrNO4/c8-5-1-4(3-10)2-6(7(5)11)9(12)13/h1-3,11H/p-1. The van der Waals surface area contributed by atoms with Gasteiger partial charge in [0.25, 0.3) is 5.69 Å². The summed E-state index contributed by atoms with van der Waals surface area (Å²) in [5.41, 5.74) is -0.505. The monoisotopic (exact) mass is 244 g/mol. The number of rotatable bonds is 2. The minimum Gasteiger partial charge on any atom is -0.867 e. The molecule has 0 amide bonds. The summed E-state index contributed by atoms with van der Waals surface area (Å²) in [6.07, 6.45) is 0.442. The van der Waals surface area contributed by atoms with Crippen LogP contribution in [0.3, 0.4) is 0 Å². The van der Waals surface area contributed by atoms with E-state index in [-0.39, 0.29) is 10.0 Å². The molecule has 0 fully saturated rings. The van der Waals surface area contributed by atoms with Gasteiger partial charge in [-0.25, -0.2) is 0 Å². The van der Waals surface area contributed by atoms with Crippen molar-refractivity contribution < 1.29 is 14.8 Å². The molecule has 0 bridgehead atoms. The van der Waals surface area contributed by atoms with Crippen molar-refractivity contribution in [2.75, 3.05) is 0 Å². The molecule has 1 rings (SSSR count). The van der Waals surface area contributed by atoms with Gasteiger partial charge in [0.05, 0.1) is 4.92 Å². The van der Waals surface area contributed by atoms with Gasteiger partial charge in [0, 0.05) is 16.1 Å². The molecule has 0 aliphatic carbocycles. The fraction of sp³-hybridized carbons (Fsp3) is 0. The van der Waals surface area contributed by atoms with Crippen molar-refractivity contribution >= 4 is 27.9 Å². The van der Waals surface area contributed by atoms with Crippen LogP contribution in [0.1, 0.15) is 10.4 Å². The third-order valence-electron chi connectivity index (χ3n) is 1.38. The second kappa shape index (κ2) is 3.53. The van der Waals surface area contributed by atoms with E-state index in [1.165, 1.54) is 6.07 Å². The van der Waals surface area contributed by atoms with Gasteiger partial charge in [0.15, 0.2) is 0 Å². The minimum atomic E-state index is -0.819. The Kier molecular flexibility index (Phi) is 2.62. The molecule has 0 aromatic heterocycles. The molecule has 6 heteroatoms. The lowest BCUT2D eigenvalue weighted by atomic mass is 10.2. The van der Waals surface area contributed by atoms with Crippen molar-refractivity contribution in [2.45, 2.75) is 0 Å². The predicted molar refractivity (Wildman–Crippen MR) is 45.6 cm³/mol. The van der Waals surface area contributed by atoms with Crippen molar-refractivity contribution in [3.63, 3.8) is 0 Å². The zero-order chi connectivity index (χ0) is 10.0. The van der Waals surface area contributed by atoms with Crippen LogP contribution in [0.25, 0.3) is 0 Å². The molecule has 0 spiro atoms. The largest absolute Gasteiger partial charge is 0.867 e. The fourth-order valence-electron chi connectivity index (χ4n) is 0.803. The van der Waals surface area contributed by atoms with Crippen LogP contribution in [-0.2, 0) is 0 Å². The van der Waals surface area contributed by atoms with Crippen LogP contribution in [0.2, 0.25) is 0 Å². The molecule has 0 saturated carbocycles. The van der Waals surface area contributed by atoms with Gasteiger partial charge in [-0.15, -0.1) is 0 Å². The fourth-order valence-corrected chi connectivity index (χ4v) is 1.27. The van der Waals surface area contributed by atoms with Crippen LogP contribution in [0.5, 0.6) is 5.75 Å². The summed E-state index contributed by atoms with van der Waals surface area (Å²) in [4.78, 5) is 19.8. The van der Waals surface area contributed by atoms with Gasteiger partial charge >= 0.3 is 0 Å². The zero-order valence-electron chi connectivity index (χ0n) is 6.19. The lowest BCUT2D eigenvalue weighted by molar-refractivity contribution is -0.398. The molecule has 1 aromatic rings. The smallest absolute Gasteiger partial charge is 0.263 e. The van der Waals surface area contributed by atoms with E-state index in [0.717, 1.165) is 6.07 Å². The topological polar surface area (TPSA) is 83.3 Å². The zero-order valence-corrected chi connectivity index (χ0v) is 7.78. The number of benzene rings is 1. The molecule has 0 aliphatic rings. The van der Waals surface area contributed by atoms with Crippen LogP contribution in [0.15, 0.2) is 16.6 Å². The molecule has 0 atom stereocenters. The lowest BCUT2D eigenvalue weighted by Gasteiger charge is -2.08. The quantitative estimate of drug-likeness (QED) is 0.445. The third kappa shape index (κ3) is 1.83. The van der Waals surface area contributed by atoms with Crippen molar-refractivity contribution in [2.24, 2.45) is 0 Å². The van der Waals surface area contributed by atoms with Gasteiger partial charge in [-0.05, 0) is 11.8 Å². The second-order valence-corrected chi connectivity index (χ2v) is 3.08. The number of nitro benzene ring substituents is 1. The number of carbonyl (C=O) groups is 1. The van der Waals surface area contributed by atoms with Crippen molar-refractivity contribution in [3.8, 4) is 5.75 Å². The van der Waals surface area contributed by atoms with Gasteiger partial charge < -0.3 is 5.11 Å². The Labute approximate surface area is 81.3 Å². The molecule has 13 heavy (non-hydrogen) atoms.